The molecule has 4 rings (SSSR count). The van der Waals surface area contributed by atoms with Crippen LogP contribution in [0.3, 0.4) is 0 Å². The van der Waals surface area contributed by atoms with E-state index in [-0.39, 0.29) is 5.82 Å². The first kappa shape index (κ1) is 20.7. The van der Waals surface area contributed by atoms with Crippen LogP contribution in [0.4, 0.5) is 14.6 Å². The summed E-state index contributed by atoms with van der Waals surface area (Å²) in [6.07, 6.45) is 2.35. The fourth-order valence-corrected chi connectivity index (χ4v) is 3.23. The Morgan fingerprint density at radius 3 is 2.52 bits per heavy atom. The lowest BCUT2D eigenvalue weighted by molar-refractivity contribution is 0.101. The van der Waals surface area contributed by atoms with Gasteiger partial charge >= 0.3 is 0 Å². The number of hydrogen-bond acceptors (Lipinski definition) is 3. The first-order valence-corrected chi connectivity index (χ1v) is 9.58. The molecule has 2 heterocycles. The van der Waals surface area contributed by atoms with E-state index < -0.39 is 23.1 Å². The Hall–Kier alpha value is -2.99. The number of rotatable bonds is 3. The van der Waals surface area contributed by atoms with E-state index in [0.29, 0.717) is 11.6 Å². The number of amides is 1. The van der Waals surface area contributed by atoms with Crippen LogP contribution in [0.5, 0.6) is 5.75 Å². The number of anilines is 1. The average molecular weight is 417 g/mol. The maximum absolute atomic E-state index is 13.7. The molecule has 1 N–H and O–H groups in total. The number of fused-ring (bicyclic) bond motifs is 1. The molecule has 0 saturated carbocycles. The fraction of sp³-hybridized carbons (Fsp3) is 0.182. The highest BCUT2D eigenvalue weighted by Gasteiger charge is 2.18. The van der Waals surface area contributed by atoms with Crippen molar-refractivity contribution in [3.8, 4) is 16.9 Å². The Balaban J connectivity index is 0.00000117. The summed E-state index contributed by atoms with van der Waals surface area (Å²) in [5.74, 6) is -1.82. The van der Waals surface area contributed by atoms with Crippen LogP contribution in [-0.2, 0) is 6.42 Å². The molecule has 7 heteroatoms. The molecule has 150 valence electrons. The Kier molecular flexibility index (Phi) is 6.44. The molecule has 0 aliphatic carbocycles. The number of benzene rings is 2. The quantitative estimate of drug-likeness (QED) is 0.578. The second kappa shape index (κ2) is 9.01. The zero-order chi connectivity index (χ0) is 21.0. The zero-order valence-electron chi connectivity index (χ0n) is 15.9. The minimum atomic E-state index is -0.936. The molecule has 1 aliphatic heterocycles. The molecule has 1 aliphatic rings. The van der Waals surface area contributed by atoms with Crippen molar-refractivity contribution < 1.29 is 18.3 Å². The Bertz CT molecular complexity index is 1020. The zero-order valence-corrected chi connectivity index (χ0v) is 16.7. The SMILES string of the molecule is CC.O=C(Nc1ccc(-c2cc3c(cc2Cl)CCO3)cn1)c1c(F)cccc1F. The summed E-state index contributed by atoms with van der Waals surface area (Å²) in [6.45, 7) is 4.63. The van der Waals surface area contributed by atoms with E-state index in [1.165, 1.54) is 18.3 Å². The minimum absolute atomic E-state index is 0.167. The van der Waals surface area contributed by atoms with Gasteiger partial charge in [-0.1, -0.05) is 31.5 Å². The fourth-order valence-electron chi connectivity index (χ4n) is 2.94. The maximum atomic E-state index is 13.7. The number of carbonyl (C=O) groups is 1. The second-order valence-corrected chi connectivity index (χ2v) is 6.43. The number of ether oxygens (including phenoxy) is 1. The molecule has 0 saturated heterocycles. The second-order valence-electron chi connectivity index (χ2n) is 6.02. The molecule has 0 atom stereocenters. The van der Waals surface area contributed by atoms with Crippen LogP contribution >= 0.6 is 11.6 Å². The number of aromatic nitrogens is 1. The normalized spacial score (nSPS) is 11.8. The first-order valence-electron chi connectivity index (χ1n) is 9.20. The van der Waals surface area contributed by atoms with Gasteiger partial charge in [0.2, 0.25) is 0 Å². The number of nitrogens with one attached hydrogen (secondary N) is 1. The van der Waals surface area contributed by atoms with Crippen molar-refractivity contribution in [2.24, 2.45) is 0 Å². The molecule has 0 radical (unpaired) electrons. The van der Waals surface area contributed by atoms with Gasteiger partial charge in [-0.25, -0.2) is 13.8 Å². The van der Waals surface area contributed by atoms with Gasteiger partial charge in [0.1, 0.15) is 28.8 Å². The summed E-state index contributed by atoms with van der Waals surface area (Å²) < 4.78 is 32.9. The summed E-state index contributed by atoms with van der Waals surface area (Å²) in [6, 6.07) is 10.2. The molecule has 0 spiro atoms. The van der Waals surface area contributed by atoms with E-state index in [1.807, 2.05) is 26.0 Å². The van der Waals surface area contributed by atoms with Crippen molar-refractivity contribution in [1.29, 1.82) is 0 Å². The summed E-state index contributed by atoms with van der Waals surface area (Å²) in [5.41, 5.74) is 1.89. The van der Waals surface area contributed by atoms with E-state index in [4.69, 9.17) is 16.3 Å². The number of carbonyl (C=O) groups excluding carboxylic acids is 1. The van der Waals surface area contributed by atoms with E-state index in [1.54, 1.807) is 6.07 Å². The van der Waals surface area contributed by atoms with E-state index in [2.05, 4.69) is 10.3 Å². The van der Waals surface area contributed by atoms with Gasteiger partial charge in [-0.2, -0.15) is 0 Å². The number of pyridine rings is 1. The van der Waals surface area contributed by atoms with Crippen molar-refractivity contribution in [2.45, 2.75) is 20.3 Å². The van der Waals surface area contributed by atoms with Gasteiger partial charge in [-0.15, -0.1) is 0 Å². The van der Waals surface area contributed by atoms with E-state index >= 15 is 0 Å². The van der Waals surface area contributed by atoms with Crippen molar-refractivity contribution in [1.82, 2.24) is 4.98 Å². The van der Waals surface area contributed by atoms with Crippen molar-refractivity contribution >= 4 is 23.3 Å². The van der Waals surface area contributed by atoms with Crippen LogP contribution in [0.25, 0.3) is 11.1 Å². The van der Waals surface area contributed by atoms with E-state index in [9.17, 15) is 13.6 Å². The van der Waals surface area contributed by atoms with Crippen LogP contribution in [0.2, 0.25) is 5.02 Å². The molecule has 4 nitrogen and oxygen atoms in total. The van der Waals surface area contributed by atoms with Gasteiger partial charge in [-0.05, 0) is 42.0 Å². The summed E-state index contributed by atoms with van der Waals surface area (Å²) in [5, 5.41) is 2.96. The van der Waals surface area contributed by atoms with Gasteiger partial charge in [0.25, 0.3) is 5.91 Å². The standard InChI is InChI=1S/C20H13ClF2N2O2.C2H6/c21-14-8-11-6-7-27-17(11)9-13(14)12-4-5-18(24-10-12)25-20(26)19-15(22)2-1-3-16(19)23;1-2/h1-5,8-10H,6-7H2,(H,24,25,26);1-2H3. The molecule has 0 unspecified atom stereocenters. The summed E-state index contributed by atoms with van der Waals surface area (Å²) in [4.78, 5) is 16.3. The smallest absolute Gasteiger partial charge is 0.262 e. The molecule has 3 aromatic rings. The molecular formula is C22H19ClF2N2O2. The van der Waals surface area contributed by atoms with Crippen LogP contribution in [0.15, 0.2) is 48.7 Å². The van der Waals surface area contributed by atoms with Gasteiger partial charge < -0.3 is 10.1 Å². The topological polar surface area (TPSA) is 51.2 Å². The van der Waals surface area contributed by atoms with Crippen LogP contribution < -0.4 is 10.1 Å². The van der Waals surface area contributed by atoms with Gasteiger partial charge in [-0.3, -0.25) is 4.79 Å². The van der Waals surface area contributed by atoms with E-state index in [0.717, 1.165) is 41.0 Å². The van der Waals surface area contributed by atoms with Crippen LogP contribution in [0.1, 0.15) is 29.8 Å². The highest BCUT2D eigenvalue weighted by atomic mass is 35.5. The molecule has 0 bridgehead atoms. The molecule has 29 heavy (non-hydrogen) atoms. The first-order chi connectivity index (χ1) is 14.0. The molecular weight excluding hydrogens is 398 g/mol. The number of halogens is 3. The van der Waals surface area contributed by atoms with Gasteiger partial charge in [0.05, 0.1) is 6.61 Å². The summed E-state index contributed by atoms with van der Waals surface area (Å²) >= 11 is 6.35. The van der Waals surface area contributed by atoms with Crippen LogP contribution in [-0.4, -0.2) is 17.5 Å². The molecule has 1 aromatic heterocycles. The van der Waals surface area contributed by atoms with Gasteiger partial charge in [0.15, 0.2) is 0 Å². The highest BCUT2D eigenvalue weighted by molar-refractivity contribution is 6.33. The largest absolute Gasteiger partial charge is 0.493 e. The third kappa shape index (κ3) is 4.38. The lowest BCUT2D eigenvalue weighted by Crippen LogP contribution is -2.16. The van der Waals surface area contributed by atoms with Crippen molar-refractivity contribution in [3.05, 3.63) is 76.4 Å². The van der Waals surface area contributed by atoms with Crippen molar-refractivity contribution in [2.75, 3.05) is 11.9 Å². The van der Waals surface area contributed by atoms with Gasteiger partial charge in [0, 0.05) is 28.8 Å². The predicted molar refractivity (Wildman–Crippen MR) is 110 cm³/mol. The Morgan fingerprint density at radius 2 is 1.86 bits per heavy atom. The monoisotopic (exact) mass is 416 g/mol. The van der Waals surface area contributed by atoms with Crippen LogP contribution in [0, 0.1) is 11.6 Å². The molecule has 0 fully saturated rings. The third-order valence-electron chi connectivity index (χ3n) is 4.29. The highest BCUT2D eigenvalue weighted by Crippen LogP contribution is 2.36. The number of nitrogens with zero attached hydrogens (tertiary/aromatic N) is 1. The predicted octanol–water partition coefficient (Wildman–Crippen LogP) is 5.89. The summed E-state index contributed by atoms with van der Waals surface area (Å²) in [7, 11) is 0. The lowest BCUT2D eigenvalue weighted by Gasteiger charge is -2.09. The minimum Gasteiger partial charge on any atom is -0.493 e. The Labute approximate surface area is 172 Å². The average Bonchev–Trinajstić information content (AvgIpc) is 3.16. The third-order valence-corrected chi connectivity index (χ3v) is 4.60. The van der Waals surface area contributed by atoms with Crippen molar-refractivity contribution in [3.63, 3.8) is 0 Å². The number of hydrogen-bond donors (Lipinski definition) is 1. The maximum Gasteiger partial charge on any atom is 0.262 e. The molecule has 2 aromatic carbocycles. The lowest BCUT2D eigenvalue weighted by atomic mass is 10.0. The Morgan fingerprint density at radius 1 is 1.14 bits per heavy atom. The molecule has 1 amide bonds.